The van der Waals surface area contributed by atoms with Crippen LogP contribution in [0.25, 0.3) is 0 Å². The van der Waals surface area contributed by atoms with Crippen molar-refractivity contribution in [3.05, 3.63) is 33.5 Å². The number of H-pyrrole nitrogens is 1. The molecule has 0 fully saturated rings. The summed E-state index contributed by atoms with van der Waals surface area (Å²) in [5.74, 6) is 0.289. The van der Waals surface area contributed by atoms with E-state index in [-0.39, 0.29) is 5.97 Å². The number of thiophene rings is 1. The molecule has 0 unspecified atom stereocenters. The number of rotatable bonds is 3. The second kappa shape index (κ2) is 4.63. The average Bonchev–Trinajstić information content (AvgIpc) is 2.77. The zero-order chi connectivity index (χ0) is 11.5. The van der Waals surface area contributed by atoms with Crippen LogP contribution in [0.2, 0.25) is 0 Å². The number of carbonyl (C=O) groups excluding carboxylic acids is 1. The summed E-state index contributed by atoms with van der Waals surface area (Å²) in [6, 6.07) is 1.85. The molecule has 2 aromatic rings. The molecule has 0 aliphatic rings. The van der Waals surface area contributed by atoms with E-state index in [0.29, 0.717) is 17.1 Å². The Balaban J connectivity index is 2.11. The van der Waals surface area contributed by atoms with Crippen molar-refractivity contribution >= 4 is 29.5 Å². The van der Waals surface area contributed by atoms with Gasteiger partial charge < -0.3 is 14.3 Å². The van der Waals surface area contributed by atoms with E-state index in [9.17, 15) is 4.79 Å². The first-order valence-electron chi connectivity index (χ1n) is 4.65. The number of imidazole rings is 1. The van der Waals surface area contributed by atoms with Crippen molar-refractivity contribution in [2.45, 2.75) is 13.5 Å². The first kappa shape index (κ1) is 11.1. The Hall–Kier alpha value is -1.40. The van der Waals surface area contributed by atoms with Gasteiger partial charge in [-0.1, -0.05) is 0 Å². The van der Waals surface area contributed by atoms with Crippen LogP contribution in [0.4, 0.5) is 0 Å². The Morgan fingerprint density at radius 2 is 2.50 bits per heavy atom. The Kier molecular flexibility index (Phi) is 3.21. The summed E-state index contributed by atoms with van der Waals surface area (Å²) in [6.07, 6.45) is 3.68. The van der Waals surface area contributed by atoms with Gasteiger partial charge in [-0.3, -0.25) is 4.79 Å². The molecule has 0 saturated heterocycles. The zero-order valence-electron chi connectivity index (χ0n) is 8.60. The topological polar surface area (TPSA) is 47.0 Å². The van der Waals surface area contributed by atoms with Crippen molar-refractivity contribution in [3.63, 3.8) is 0 Å². The molecule has 2 heterocycles. The van der Waals surface area contributed by atoms with Gasteiger partial charge >= 0.3 is 5.97 Å². The minimum Gasteiger partial charge on any atom is -0.426 e. The van der Waals surface area contributed by atoms with Crippen molar-refractivity contribution < 1.29 is 9.53 Å². The molecule has 2 rings (SSSR count). The van der Waals surface area contributed by atoms with Gasteiger partial charge in [-0.05, 0) is 18.3 Å². The smallest absolute Gasteiger partial charge is 0.308 e. The molecule has 6 heteroatoms. The van der Waals surface area contributed by atoms with E-state index in [1.807, 2.05) is 22.2 Å². The number of hydrogen-bond acceptors (Lipinski definition) is 4. The van der Waals surface area contributed by atoms with E-state index in [1.165, 1.54) is 6.92 Å². The Morgan fingerprint density at radius 3 is 3.12 bits per heavy atom. The van der Waals surface area contributed by atoms with Gasteiger partial charge in [0.1, 0.15) is 5.75 Å². The van der Waals surface area contributed by atoms with Crippen molar-refractivity contribution in [2.24, 2.45) is 0 Å². The second-order valence-corrected chi connectivity index (χ2v) is 4.62. The van der Waals surface area contributed by atoms with Crippen molar-refractivity contribution in [2.75, 3.05) is 0 Å². The lowest BCUT2D eigenvalue weighted by Crippen LogP contribution is -2.00. The van der Waals surface area contributed by atoms with Gasteiger partial charge in [0.15, 0.2) is 4.77 Å². The fourth-order valence-electron chi connectivity index (χ4n) is 1.30. The Labute approximate surface area is 101 Å². The van der Waals surface area contributed by atoms with Crippen LogP contribution in [0.3, 0.4) is 0 Å². The fraction of sp³-hybridized carbons (Fsp3) is 0.200. The summed E-state index contributed by atoms with van der Waals surface area (Å²) >= 11 is 6.63. The number of carbonyl (C=O) groups is 1. The highest BCUT2D eigenvalue weighted by atomic mass is 32.1. The van der Waals surface area contributed by atoms with Crippen LogP contribution in [-0.2, 0) is 11.3 Å². The highest BCUT2D eigenvalue weighted by Crippen LogP contribution is 2.22. The van der Waals surface area contributed by atoms with Gasteiger partial charge in [0.05, 0.1) is 6.54 Å². The third kappa shape index (κ3) is 2.59. The molecule has 0 aliphatic heterocycles. The number of aromatic amines is 1. The molecule has 0 atom stereocenters. The predicted molar refractivity (Wildman–Crippen MR) is 64.3 cm³/mol. The van der Waals surface area contributed by atoms with E-state index >= 15 is 0 Å². The van der Waals surface area contributed by atoms with E-state index in [4.69, 9.17) is 17.0 Å². The van der Waals surface area contributed by atoms with E-state index in [1.54, 1.807) is 17.5 Å². The first-order valence-corrected chi connectivity index (χ1v) is 5.93. The molecule has 0 saturated carbocycles. The summed E-state index contributed by atoms with van der Waals surface area (Å²) in [6.45, 7) is 2.08. The van der Waals surface area contributed by atoms with Crippen LogP contribution in [0.15, 0.2) is 23.8 Å². The molecule has 4 nitrogen and oxygen atoms in total. The lowest BCUT2D eigenvalue weighted by molar-refractivity contribution is -0.131. The van der Waals surface area contributed by atoms with Crippen molar-refractivity contribution in [1.82, 2.24) is 9.55 Å². The third-order valence-corrected chi connectivity index (χ3v) is 3.19. The molecule has 0 radical (unpaired) electrons. The van der Waals surface area contributed by atoms with Crippen LogP contribution < -0.4 is 4.74 Å². The summed E-state index contributed by atoms with van der Waals surface area (Å²) < 4.78 is 7.57. The van der Waals surface area contributed by atoms with Crippen LogP contribution >= 0.6 is 23.6 Å². The van der Waals surface area contributed by atoms with Gasteiger partial charge in [0.25, 0.3) is 0 Å². The monoisotopic (exact) mass is 254 g/mol. The molecule has 84 valence electrons. The maximum atomic E-state index is 10.7. The standard InChI is InChI=1S/C10H10N2O2S2/c1-7(13)14-8-4-9(16-6-8)5-12-3-2-11-10(12)15/h2-4,6H,5H2,1H3,(H,11,15). The summed E-state index contributed by atoms with van der Waals surface area (Å²) in [7, 11) is 0. The molecule has 0 aliphatic carbocycles. The van der Waals surface area contributed by atoms with Gasteiger partial charge in [-0.15, -0.1) is 11.3 Å². The third-order valence-electron chi connectivity index (χ3n) is 1.94. The zero-order valence-corrected chi connectivity index (χ0v) is 10.2. The SMILES string of the molecule is CC(=O)Oc1csc(Cn2cc[nH]c2=S)c1. The maximum absolute atomic E-state index is 10.7. The van der Waals surface area contributed by atoms with Crippen LogP contribution in [-0.4, -0.2) is 15.5 Å². The highest BCUT2D eigenvalue weighted by molar-refractivity contribution is 7.71. The minimum atomic E-state index is -0.303. The van der Waals surface area contributed by atoms with Crippen molar-refractivity contribution in [1.29, 1.82) is 0 Å². The molecule has 16 heavy (non-hydrogen) atoms. The first-order chi connectivity index (χ1) is 7.65. The predicted octanol–water partition coefficient (Wildman–Crippen LogP) is 2.58. The molecule has 0 aromatic carbocycles. The van der Waals surface area contributed by atoms with Crippen molar-refractivity contribution in [3.8, 4) is 5.75 Å². The number of aromatic nitrogens is 2. The highest BCUT2D eigenvalue weighted by Gasteiger charge is 2.04. The van der Waals surface area contributed by atoms with Gasteiger partial charge in [-0.25, -0.2) is 0 Å². The average molecular weight is 254 g/mol. The van der Waals surface area contributed by atoms with Crippen LogP contribution in [0.5, 0.6) is 5.75 Å². The fourth-order valence-corrected chi connectivity index (χ4v) is 2.28. The number of nitrogens with one attached hydrogen (secondary N) is 1. The number of hydrogen-bond donors (Lipinski definition) is 1. The summed E-state index contributed by atoms with van der Waals surface area (Å²) in [4.78, 5) is 14.8. The molecule has 1 N–H and O–H groups in total. The largest absolute Gasteiger partial charge is 0.426 e. The van der Waals surface area contributed by atoms with E-state index < -0.39 is 0 Å². The van der Waals surface area contributed by atoms with Gasteiger partial charge in [0, 0.05) is 29.6 Å². The Bertz CT molecular complexity index is 553. The molecular formula is C10H10N2O2S2. The van der Waals surface area contributed by atoms with Crippen LogP contribution in [0.1, 0.15) is 11.8 Å². The quantitative estimate of drug-likeness (QED) is 0.676. The number of ether oxygens (including phenoxy) is 1. The Morgan fingerprint density at radius 1 is 1.69 bits per heavy atom. The maximum Gasteiger partial charge on any atom is 0.308 e. The molecule has 2 aromatic heterocycles. The lowest BCUT2D eigenvalue weighted by atomic mass is 10.4. The summed E-state index contributed by atoms with van der Waals surface area (Å²) in [5, 5.41) is 1.81. The second-order valence-electron chi connectivity index (χ2n) is 3.24. The molecule has 0 bridgehead atoms. The van der Waals surface area contributed by atoms with E-state index in [2.05, 4.69) is 4.98 Å². The number of esters is 1. The molecule has 0 amide bonds. The minimum absolute atomic E-state index is 0.303. The van der Waals surface area contributed by atoms with Gasteiger partial charge in [0.2, 0.25) is 0 Å². The summed E-state index contributed by atoms with van der Waals surface area (Å²) in [5.41, 5.74) is 0. The lowest BCUT2D eigenvalue weighted by Gasteiger charge is -1.98. The molecular weight excluding hydrogens is 244 g/mol. The van der Waals surface area contributed by atoms with Gasteiger partial charge in [-0.2, -0.15) is 0 Å². The van der Waals surface area contributed by atoms with E-state index in [0.717, 1.165) is 4.88 Å². The van der Waals surface area contributed by atoms with Crippen LogP contribution in [0, 0.1) is 4.77 Å². The molecule has 0 spiro atoms. The normalized spacial score (nSPS) is 10.3. The number of nitrogens with zero attached hydrogens (tertiary/aromatic N) is 1.